The van der Waals surface area contributed by atoms with Crippen LogP contribution in [0.25, 0.3) is 16.3 Å². The van der Waals surface area contributed by atoms with Crippen molar-refractivity contribution in [2.24, 2.45) is 0 Å². The second-order valence-electron chi connectivity index (χ2n) is 3.60. The molecule has 0 radical (unpaired) electrons. The molecule has 0 saturated heterocycles. The van der Waals surface area contributed by atoms with Gasteiger partial charge in [0.05, 0.1) is 11.3 Å². The predicted molar refractivity (Wildman–Crippen MR) is 74.6 cm³/mol. The van der Waals surface area contributed by atoms with Gasteiger partial charge in [-0.2, -0.15) is 13.2 Å². The number of allylic oxidation sites excluding steroid dienone is 1. The van der Waals surface area contributed by atoms with Crippen LogP contribution in [0.4, 0.5) is 13.2 Å². The summed E-state index contributed by atoms with van der Waals surface area (Å²) in [5, 5.41) is 1.05. The molecule has 0 unspecified atom stereocenters. The van der Waals surface area contributed by atoms with Crippen molar-refractivity contribution in [1.82, 2.24) is 4.98 Å². The second kappa shape index (κ2) is 4.70. The van der Waals surface area contributed by atoms with Crippen molar-refractivity contribution in [3.05, 3.63) is 45.3 Å². The first-order valence-corrected chi connectivity index (χ1v) is 6.27. The van der Waals surface area contributed by atoms with Crippen LogP contribution < -0.4 is 0 Å². The summed E-state index contributed by atoms with van der Waals surface area (Å²) < 4.78 is 38.9. The molecule has 0 saturated carbocycles. The zero-order chi connectivity index (χ0) is 13.5. The van der Waals surface area contributed by atoms with Gasteiger partial charge in [-0.3, -0.25) is 0 Å². The topological polar surface area (TPSA) is 12.9 Å². The zero-order valence-electron chi connectivity index (χ0n) is 8.85. The Morgan fingerprint density at radius 2 is 1.94 bits per heavy atom. The summed E-state index contributed by atoms with van der Waals surface area (Å²) in [6.07, 6.45) is -4.52. The molecule has 0 aliphatic rings. The van der Waals surface area contributed by atoms with Gasteiger partial charge < -0.3 is 0 Å². The summed E-state index contributed by atoms with van der Waals surface area (Å²) in [5.74, 6) is 0. The molecule has 18 heavy (non-hydrogen) atoms. The van der Waals surface area contributed by atoms with Crippen LogP contribution >= 0.6 is 34.2 Å². The van der Waals surface area contributed by atoms with Gasteiger partial charge in [0, 0.05) is 14.3 Å². The summed E-state index contributed by atoms with van der Waals surface area (Å²) in [4.78, 5) is 3.75. The van der Waals surface area contributed by atoms with Crippen LogP contribution in [0.3, 0.4) is 0 Å². The average molecular weight is 384 g/mol. The van der Waals surface area contributed by atoms with Crippen molar-refractivity contribution in [3.8, 4) is 0 Å². The van der Waals surface area contributed by atoms with Gasteiger partial charge in [0.15, 0.2) is 0 Å². The first-order valence-electron chi connectivity index (χ1n) is 4.82. The fourth-order valence-electron chi connectivity index (χ4n) is 1.57. The fraction of sp³-hybridized carbons (Fsp3) is 0.0833. The number of nitrogens with zero attached hydrogens (tertiary/aromatic N) is 1. The van der Waals surface area contributed by atoms with Crippen molar-refractivity contribution in [2.75, 3.05) is 0 Å². The minimum Gasteiger partial charge on any atom is -0.235 e. The first-order chi connectivity index (χ1) is 8.30. The highest BCUT2D eigenvalue weighted by Gasteiger charge is 2.35. The van der Waals surface area contributed by atoms with E-state index in [1.54, 1.807) is 24.3 Å². The van der Waals surface area contributed by atoms with Gasteiger partial charge in [0.2, 0.25) is 0 Å². The van der Waals surface area contributed by atoms with E-state index in [-0.39, 0.29) is 10.8 Å². The molecule has 0 N–H and O–H groups in total. The van der Waals surface area contributed by atoms with E-state index >= 15 is 0 Å². The number of aromatic nitrogens is 1. The van der Waals surface area contributed by atoms with Crippen LogP contribution in [0.1, 0.15) is 5.69 Å². The number of fused-ring (bicyclic) bond motifs is 1. The molecule has 2 rings (SSSR count). The molecule has 0 atom stereocenters. The van der Waals surface area contributed by atoms with Crippen molar-refractivity contribution < 1.29 is 13.2 Å². The van der Waals surface area contributed by atoms with E-state index in [2.05, 4.69) is 11.6 Å². The van der Waals surface area contributed by atoms with Gasteiger partial charge in [-0.25, -0.2) is 4.98 Å². The fourth-order valence-corrected chi connectivity index (χ4v) is 2.42. The third kappa shape index (κ3) is 2.47. The Morgan fingerprint density at radius 1 is 1.28 bits per heavy atom. The molecule has 2 aromatic rings. The first kappa shape index (κ1) is 13.6. The maximum atomic E-state index is 12.7. The van der Waals surface area contributed by atoms with Crippen molar-refractivity contribution >= 4 is 50.5 Å². The molecule has 0 spiro atoms. The van der Waals surface area contributed by atoms with E-state index in [1.165, 1.54) is 0 Å². The van der Waals surface area contributed by atoms with E-state index in [4.69, 9.17) is 11.6 Å². The zero-order valence-corrected chi connectivity index (χ0v) is 11.8. The van der Waals surface area contributed by atoms with Crippen LogP contribution in [-0.4, -0.2) is 11.2 Å². The van der Waals surface area contributed by atoms with Crippen LogP contribution in [0.15, 0.2) is 30.8 Å². The summed E-state index contributed by atoms with van der Waals surface area (Å²) in [6.45, 7) is 3.07. The smallest absolute Gasteiger partial charge is 0.235 e. The van der Waals surface area contributed by atoms with E-state index in [9.17, 15) is 13.2 Å². The van der Waals surface area contributed by atoms with Gasteiger partial charge in [-0.15, -0.1) is 0 Å². The predicted octanol–water partition coefficient (Wildman–Crippen LogP) is 5.07. The Kier molecular flexibility index (Phi) is 3.55. The maximum absolute atomic E-state index is 12.7. The normalized spacial score (nSPS) is 11.8. The minimum absolute atomic E-state index is 0.0204. The highest BCUT2D eigenvalue weighted by Crippen LogP contribution is 2.36. The van der Waals surface area contributed by atoms with Crippen LogP contribution in [0.5, 0.6) is 0 Å². The lowest BCUT2D eigenvalue weighted by Crippen LogP contribution is -2.11. The Bertz CT molecular complexity index is 637. The van der Waals surface area contributed by atoms with Gasteiger partial charge in [-0.05, 0) is 34.7 Å². The highest BCUT2D eigenvalue weighted by atomic mass is 127. The largest absolute Gasteiger partial charge is 0.417 e. The maximum Gasteiger partial charge on any atom is 0.417 e. The quantitative estimate of drug-likeness (QED) is 0.495. The molecule has 1 heterocycles. The monoisotopic (exact) mass is 383 g/mol. The van der Waals surface area contributed by atoms with Crippen LogP contribution in [0.2, 0.25) is 5.15 Å². The summed E-state index contributed by atoms with van der Waals surface area (Å²) in [7, 11) is 0. The van der Waals surface area contributed by atoms with Crippen molar-refractivity contribution in [1.29, 1.82) is 0 Å². The van der Waals surface area contributed by atoms with Crippen LogP contribution in [-0.2, 0) is 0 Å². The molecule has 0 aliphatic heterocycles. The van der Waals surface area contributed by atoms with Gasteiger partial charge >= 0.3 is 6.18 Å². The van der Waals surface area contributed by atoms with E-state index in [0.29, 0.717) is 10.8 Å². The van der Waals surface area contributed by atoms with Gasteiger partial charge in [0.25, 0.3) is 0 Å². The minimum atomic E-state index is -4.52. The Balaban J connectivity index is 2.79. The van der Waals surface area contributed by atoms with Gasteiger partial charge in [0.1, 0.15) is 5.15 Å². The van der Waals surface area contributed by atoms with E-state index in [0.717, 1.165) is 3.57 Å². The molecule has 0 fully saturated rings. The number of alkyl halides is 3. The molecule has 1 aromatic carbocycles. The van der Waals surface area contributed by atoms with E-state index in [1.807, 2.05) is 22.6 Å². The number of hydrogen-bond donors (Lipinski definition) is 0. The van der Waals surface area contributed by atoms with Crippen molar-refractivity contribution in [2.45, 2.75) is 6.18 Å². The lowest BCUT2D eigenvalue weighted by Gasteiger charge is -2.13. The standard InChI is InChI=1S/C12H6ClF3IN/c1-6(12(14,15)16)11-7-3-2-4-9(17)8(7)5-10(13)18-11/h2-5H,1H2. The number of benzene rings is 1. The summed E-state index contributed by atoms with van der Waals surface area (Å²) in [6, 6.07) is 6.59. The van der Waals surface area contributed by atoms with Crippen LogP contribution in [0, 0.1) is 3.57 Å². The van der Waals surface area contributed by atoms with Crippen molar-refractivity contribution in [3.63, 3.8) is 0 Å². The molecule has 0 bridgehead atoms. The summed E-state index contributed by atoms with van der Waals surface area (Å²) in [5.41, 5.74) is -1.21. The Hall–Kier alpha value is -0.820. The number of rotatable bonds is 1. The molecule has 1 aromatic heterocycles. The molecule has 0 aliphatic carbocycles. The lowest BCUT2D eigenvalue weighted by atomic mass is 10.1. The molecular weight excluding hydrogens is 377 g/mol. The molecule has 0 amide bonds. The highest BCUT2D eigenvalue weighted by molar-refractivity contribution is 14.1. The summed E-state index contributed by atoms with van der Waals surface area (Å²) >= 11 is 7.81. The lowest BCUT2D eigenvalue weighted by molar-refractivity contribution is -0.0688. The number of hydrogen-bond acceptors (Lipinski definition) is 1. The molecular formula is C12H6ClF3IN. The second-order valence-corrected chi connectivity index (χ2v) is 5.15. The molecule has 1 nitrogen and oxygen atoms in total. The van der Waals surface area contributed by atoms with Gasteiger partial charge in [-0.1, -0.05) is 30.3 Å². The average Bonchev–Trinajstić information content (AvgIpc) is 2.27. The number of pyridine rings is 1. The molecule has 6 heteroatoms. The third-order valence-electron chi connectivity index (χ3n) is 2.42. The van der Waals surface area contributed by atoms with E-state index < -0.39 is 11.7 Å². The third-order valence-corrected chi connectivity index (χ3v) is 3.55. The SMILES string of the molecule is C=C(c1nc(Cl)cc2c(I)cccc12)C(F)(F)F. The Morgan fingerprint density at radius 3 is 2.56 bits per heavy atom. The number of halogens is 5. The Labute approximate surface area is 120 Å². The molecule has 94 valence electrons.